The van der Waals surface area contributed by atoms with E-state index in [1.54, 1.807) is 0 Å². The van der Waals surface area contributed by atoms with Crippen molar-refractivity contribution < 1.29 is 43.9 Å². The number of rotatable bonds is 4. The lowest BCUT2D eigenvalue weighted by atomic mass is 9.97. The summed E-state index contributed by atoms with van der Waals surface area (Å²) in [6, 6.07) is 0. The summed E-state index contributed by atoms with van der Waals surface area (Å²) in [5, 5.41) is -5.99. The van der Waals surface area contributed by atoms with Gasteiger partial charge in [0, 0.05) is 11.1 Å². The predicted octanol–water partition coefficient (Wildman–Crippen LogP) is 2.55. The van der Waals surface area contributed by atoms with Gasteiger partial charge in [0.1, 0.15) is 0 Å². The highest BCUT2D eigenvalue weighted by molar-refractivity contribution is 7.80. The molecule has 0 heterocycles. The Bertz CT molecular complexity index is 337. The molecule has 0 aromatic rings. The highest BCUT2D eigenvalue weighted by Gasteiger charge is 2.79. The molecule has 0 amide bonds. The van der Waals surface area contributed by atoms with Crippen LogP contribution in [0.5, 0.6) is 0 Å². The van der Waals surface area contributed by atoms with Crippen molar-refractivity contribution in [1.29, 1.82) is 0 Å². The Balaban J connectivity index is 5.93. The van der Waals surface area contributed by atoms with Crippen LogP contribution in [0.3, 0.4) is 0 Å². The predicted molar refractivity (Wildman–Crippen MR) is 38.9 cm³/mol. The molecule has 0 aliphatic carbocycles. The number of hydrogen-bond donors (Lipinski definition) is 0. The van der Waals surface area contributed by atoms with Crippen LogP contribution in [0.4, 0.5) is 35.1 Å². The second-order valence-electron chi connectivity index (χ2n) is 2.74. The molecule has 2 unspecified atom stereocenters. The molecule has 11 heteroatoms. The fraction of sp³-hybridized carbons (Fsp3) is 0.667. The van der Waals surface area contributed by atoms with Crippen molar-refractivity contribution in [1.82, 2.24) is 0 Å². The van der Waals surface area contributed by atoms with Crippen molar-refractivity contribution in [3.05, 3.63) is 12.7 Å². The summed E-state index contributed by atoms with van der Waals surface area (Å²) in [5.74, 6) is -6.62. The molecule has 0 N–H and O–H groups in total. The van der Waals surface area contributed by atoms with Crippen LogP contribution < -0.4 is 0 Å². The van der Waals surface area contributed by atoms with E-state index in [9.17, 15) is 43.9 Å². The topological polar surface area (TPSA) is 40.1 Å². The normalized spacial score (nSPS) is 19.6. The first-order valence-corrected chi connectivity index (χ1v) is 4.57. The van der Waals surface area contributed by atoms with Gasteiger partial charge >= 0.3 is 17.4 Å². The van der Waals surface area contributed by atoms with E-state index < -0.39 is 40.2 Å². The number of allylic oxidation sites excluding steroid dienone is 1. The van der Waals surface area contributed by atoms with Crippen LogP contribution >= 0.6 is 0 Å². The smallest absolute Gasteiger partial charge is 0.457 e. The molecule has 0 saturated heterocycles. The van der Waals surface area contributed by atoms with Gasteiger partial charge in [-0.05, 0) is 6.08 Å². The summed E-state index contributed by atoms with van der Waals surface area (Å²) in [7, 11) is 0. The van der Waals surface area contributed by atoms with Crippen LogP contribution in [-0.4, -0.2) is 31.8 Å². The van der Waals surface area contributed by atoms with E-state index >= 15 is 0 Å². The number of alkyl halides is 8. The van der Waals surface area contributed by atoms with Crippen LogP contribution in [0.1, 0.15) is 0 Å². The highest BCUT2D eigenvalue weighted by Crippen LogP contribution is 2.53. The molecule has 0 aliphatic heterocycles. The van der Waals surface area contributed by atoms with E-state index in [0.717, 1.165) is 0 Å². The maximum atomic E-state index is 13.1. The first-order valence-electron chi connectivity index (χ1n) is 3.50. The molecule has 102 valence electrons. The SMILES string of the molecule is C=CC(F)(C(F)(F)S(=O)[O-])C(F)(F)C(F)(F)F. The van der Waals surface area contributed by atoms with Gasteiger partial charge in [-0.2, -0.15) is 30.7 Å². The summed E-state index contributed by atoms with van der Waals surface area (Å²) < 4.78 is 118. The largest absolute Gasteiger partial charge is 0.768 e. The van der Waals surface area contributed by atoms with Crippen molar-refractivity contribution in [3.63, 3.8) is 0 Å². The first-order chi connectivity index (χ1) is 7.25. The van der Waals surface area contributed by atoms with E-state index in [1.165, 1.54) is 0 Å². The van der Waals surface area contributed by atoms with Crippen molar-refractivity contribution in [2.45, 2.75) is 23.0 Å². The molecule has 0 aromatic heterocycles. The number of halogens is 8. The van der Waals surface area contributed by atoms with E-state index in [4.69, 9.17) is 0 Å². The van der Waals surface area contributed by atoms with Gasteiger partial charge in [-0.3, -0.25) is 4.21 Å². The lowest BCUT2D eigenvalue weighted by Gasteiger charge is -2.38. The third kappa shape index (κ3) is 2.17. The van der Waals surface area contributed by atoms with E-state index in [0.29, 0.717) is 0 Å². The molecule has 2 atom stereocenters. The van der Waals surface area contributed by atoms with E-state index in [-0.39, 0.29) is 0 Å². The zero-order valence-corrected chi connectivity index (χ0v) is 8.35. The summed E-state index contributed by atoms with van der Waals surface area (Å²) in [4.78, 5) is 0. The molecule has 2 nitrogen and oxygen atoms in total. The number of hydrogen-bond acceptors (Lipinski definition) is 2. The average molecular weight is 291 g/mol. The van der Waals surface area contributed by atoms with Gasteiger partial charge in [0.05, 0.1) is 0 Å². The fourth-order valence-electron chi connectivity index (χ4n) is 0.757. The zero-order valence-electron chi connectivity index (χ0n) is 7.53. The zero-order chi connectivity index (χ0) is 14.3. The Morgan fingerprint density at radius 3 is 1.53 bits per heavy atom. The third-order valence-corrected chi connectivity index (χ3v) is 2.44. The summed E-state index contributed by atoms with van der Waals surface area (Å²) >= 11 is -4.84. The molecule has 0 radical (unpaired) electrons. The third-order valence-electron chi connectivity index (χ3n) is 1.73. The maximum Gasteiger partial charge on any atom is 0.457 e. The Hall–Kier alpha value is -0.710. The van der Waals surface area contributed by atoms with Crippen LogP contribution in [-0.2, 0) is 11.1 Å². The quantitative estimate of drug-likeness (QED) is 0.454. The average Bonchev–Trinajstić information content (AvgIpc) is 2.13. The molecule has 17 heavy (non-hydrogen) atoms. The van der Waals surface area contributed by atoms with Gasteiger partial charge in [-0.15, -0.1) is 0 Å². The molecule has 0 fully saturated rings. The lowest BCUT2D eigenvalue weighted by molar-refractivity contribution is -0.338. The van der Waals surface area contributed by atoms with Crippen molar-refractivity contribution >= 4 is 11.1 Å². The standard InChI is InChI=1S/C6H4F8O2S/c1-2-3(7,6(13,14)17(15)16)4(8,9)5(10,11)12/h2H,1H2,(H,15,16)/p-1. The Morgan fingerprint density at radius 2 is 1.35 bits per heavy atom. The minimum atomic E-state index is -6.71. The minimum Gasteiger partial charge on any atom is -0.768 e. The molecule has 0 aromatic carbocycles. The monoisotopic (exact) mass is 291 g/mol. The Labute approximate surface area is 91.6 Å². The van der Waals surface area contributed by atoms with Gasteiger partial charge in [0.25, 0.3) is 5.67 Å². The molecular formula is C6H3F8O2S-. The van der Waals surface area contributed by atoms with Crippen molar-refractivity contribution in [2.24, 2.45) is 0 Å². The first kappa shape index (κ1) is 16.3. The van der Waals surface area contributed by atoms with Gasteiger partial charge in [-0.25, -0.2) is 4.39 Å². The van der Waals surface area contributed by atoms with Gasteiger partial charge in [0.15, 0.2) is 0 Å². The van der Waals surface area contributed by atoms with Gasteiger partial charge in [0.2, 0.25) is 0 Å². The Morgan fingerprint density at radius 1 is 1.00 bits per heavy atom. The summed E-state index contributed by atoms with van der Waals surface area (Å²) in [6.07, 6.45) is -7.80. The van der Waals surface area contributed by atoms with Crippen LogP contribution in [0, 0.1) is 0 Å². The summed E-state index contributed by atoms with van der Waals surface area (Å²) in [6.45, 7) is 2.05. The van der Waals surface area contributed by atoms with Crippen LogP contribution in [0.2, 0.25) is 0 Å². The van der Waals surface area contributed by atoms with Crippen molar-refractivity contribution in [2.75, 3.05) is 0 Å². The maximum absolute atomic E-state index is 13.1. The van der Waals surface area contributed by atoms with Gasteiger partial charge in [-0.1, -0.05) is 6.58 Å². The minimum absolute atomic E-state index is 1.09. The molecular weight excluding hydrogens is 288 g/mol. The molecule has 0 spiro atoms. The molecule has 0 aliphatic rings. The second-order valence-corrected chi connectivity index (χ2v) is 3.72. The van der Waals surface area contributed by atoms with Crippen molar-refractivity contribution in [3.8, 4) is 0 Å². The van der Waals surface area contributed by atoms with Crippen LogP contribution in [0.15, 0.2) is 12.7 Å². The van der Waals surface area contributed by atoms with Crippen LogP contribution in [0.25, 0.3) is 0 Å². The summed E-state index contributed by atoms with van der Waals surface area (Å²) in [5.41, 5.74) is -5.80. The van der Waals surface area contributed by atoms with E-state index in [2.05, 4.69) is 6.58 Å². The fourth-order valence-corrected chi connectivity index (χ4v) is 1.21. The van der Waals surface area contributed by atoms with E-state index in [1.807, 2.05) is 0 Å². The molecule has 0 rings (SSSR count). The molecule has 0 saturated carbocycles. The highest BCUT2D eigenvalue weighted by atomic mass is 32.2. The second kappa shape index (κ2) is 4.19. The molecule has 0 bridgehead atoms. The Kier molecular flexibility index (Phi) is 4.02. The van der Waals surface area contributed by atoms with Gasteiger partial charge < -0.3 is 4.55 Å². The lowest BCUT2D eigenvalue weighted by Crippen LogP contribution is -2.63.